The second-order valence-corrected chi connectivity index (χ2v) is 4.69. The Labute approximate surface area is 107 Å². The van der Waals surface area contributed by atoms with Gasteiger partial charge in [0.25, 0.3) is 0 Å². The van der Waals surface area contributed by atoms with Gasteiger partial charge in [0.15, 0.2) is 0 Å². The number of rotatable bonds is 4. The van der Waals surface area contributed by atoms with Crippen LogP contribution in [0.5, 0.6) is 0 Å². The lowest BCUT2D eigenvalue weighted by Gasteiger charge is -2.12. The van der Waals surface area contributed by atoms with E-state index in [4.69, 9.17) is 5.73 Å². The molecule has 0 heterocycles. The second kappa shape index (κ2) is 5.62. The van der Waals surface area contributed by atoms with Gasteiger partial charge in [0.2, 0.25) is 0 Å². The summed E-state index contributed by atoms with van der Waals surface area (Å²) in [6.45, 7) is 2.13. The van der Waals surface area contributed by atoms with Crippen molar-refractivity contribution in [2.24, 2.45) is 0 Å². The minimum Gasteiger partial charge on any atom is -0.398 e. The quantitative estimate of drug-likeness (QED) is 0.649. The van der Waals surface area contributed by atoms with Crippen LogP contribution in [0.25, 0.3) is 0 Å². The normalized spacial score (nSPS) is 11.6. The molecule has 0 amide bonds. The number of nitrogen functional groups attached to an aromatic ring is 1. The highest BCUT2D eigenvalue weighted by atomic mass is 79.9. The molecule has 17 heavy (non-hydrogen) atoms. The van der Waals surface area contributed by atoms with E-state index in [-0.39, 0.29) is 13.0 Å². The molecule has 0 bridgehead atoms. The molecular weight excluding hydrogens is 297 g/mol. The van der Waals surface area contributed by atoms with Gasteiger partial charge in [-0.05, 0) is 47.0 Å². The summed E-state index contributed by atoms with van der Waals surface area (Å²) in [5.41, 5.74) is 8.00. The molecule has 0 atom stereocenters. The highest BCUT2D eigenvalue weighted by Gasteiger charge is 2.25. The third kappa shape index (κ3) is 4.85. The molecule has 1 rings (SSSR count). The van der Waals surface area contributed by atoms with Gasteiger partial charge in [0.05, 0.1) is 0 Å². The van der Waals surface area contributed by atoms with Gasteiger partial charge in [0.1, 0.15) is 0 Å². The van der Waals surface area contributed by atoms with Crippen LogP contribution in [0, 0.1) is 6.92 Å². The van der Waals surface area contributed by atoms with Crippen molar-refractivity contribution < 1.29 is 13.2 Å². The van der Waals surface area contributed by atoms with Gasteiger partial charge in [-0.25, -0.2) is 0 Å². The molecule has 0 saturated carbocycles. The molecule has 2 nitrogen and oxygen atoms in total. The maximum atomic E-state index is 11.9. The Balaban J connectivity index is 2.50. The first kappa shape index (κ1) is 14.2. The summed E-state index contributed by atoms with van der Waals surface area (Å²) in [5, 5.41) is 2.95. The zero-order valence-electron chi connectivity index (χ0n) is 9.37. The SMILES string of the molecule is Cc1cc(NCCCC(F)(F)F)c(Br)cc1N. The van der Waals surface area contributed by atoms with E-state index in [0.29, 0.717) is 5.69 Å². The lowest BCUT2D eigenvalue weighted by molar-refractivity contribution is -0.134. The van der Waals surface area contributed by atoms with E-state index in [9.17, 15) is 13.2 Å². The van der Waals surface area contributed by atoms with E-state index in [1.807, 2.05) is 13.0 Å². The average molecular weight is 311 g/mol. The van der Waals surface area contributed by atoms with Crippen LogP contribution in [0.3, 0.4) is 0 Å². The number of alkyl halides is 3. The van der Waals surface area contributed by atoms with Crippen molar-refractivity contribution in [1.29, 1.82) is 0 Å². The predicted octanol–water partition coefficient (Wildman–Crippen LogP) is 4.09. The Morgan fingerprint density at radius 2 is 2.00 bits per heavy atom. The summed E-state index contributed by atoms with van der Waals surface area (Å²) in [7, 11) is 0. The number of benzene rings is 1. The molecule has 0 aliphatic heterocycles. The fraction of sp³-hybridized carbons (Fsp3) is 0.455. The van der Waals surface area contributed by atoms with E-state index in [1.165, 1.54) is 0 Å². The van der Waals surface area contributed by atoms with Crippen LogP contribution in [-0.2, 0) is 0 Å². The lowest BCUT2D eigenvalue weighted by Crippen LogP contribution is -2.11. The van der Waals surface area contributed by atoms with E-state index < -0.39 is 12.6 Å². The molecule has 0 spiro atoms. The molecule has 0 aliphatic rings. The van der Waals surface area contributed by atoms with Crippen LogP contribution < -0.4 is 11.1 Å². The maximum absolute atomic E-state index is 11.9. The van der Waals surface area contributed by atoms with Crippen molar-refractivity contribution in [2.45, 2.75) is 25.9 Å². The molecule has 96 valence electrons. The van der Waals surface area contributed by atoms with E-state index in [0.717, 1.165) is 15.7 Å². The molecule has 0 aromatic heterocycles. The number of anilines is 2. The van der Waals surface area contributed by atoms with Gasteiger partial charge in [0, 0.05) is 28.8 Å². The van der Waals surface area contributed by atoms with E-state index in [2.05, 4.69) is 21.2 Å². The van der Waals surface area contributed by atoms with Crippen LogP contribution in [0.15, 0.2) is 16.6 Å². The first-order chi connectivity index (χ1) is 7.79. The number of aryl methyl sites for hydroxylation is 1. The number of nitrogens with one attached hydrogen (secondary N) is 1. The van der Waals surface area contributed by atoms with E-state index in [1.54, 1.807) is 6.07 Å². The largest absolute Gasteiger partial charge is 0.398 e. The minimum atomic E-state index is -4.09. The third-order valence-electron chi connectivity index (χ3n) is 2.31. The molecule has 0 fully saturated rings. The maximum Gasteiger partial charge on any atom is 0.389 e. The van der Waals surface area contributed by atoms with Crippen molar-refractivity contribution in [3.8, 4) is 0 Å². The highest BCUT2D eigenvalue weighted by molar-refractivity contribution is 9.10. The van der Waals surface area contributed by atoms with Crippen LogP contribution >= 0.6 is 15.9 Å². The fourth-order valence-electron chi connectivity index (χ4n) is 1.34. The number of halogens is 4. The molecule has 6 heteroatoms. The topological polar surface area (TPSA) is 38.0 Å². The predicted molar refractivity (Wildman–Crippen MR) is 67.1 cm³/mol. The third-order valence-corrected chi connectivity index (χ3v) is 2.96. The summed E-state index contributed by atoms with van der Waals surface area (Å²) < 4.78 is 36.5. The first-order valence-electron chi connectivity index (χ1n) is 5.16. The standard InChI is InChI=1S/C11H14BrF3N2/c1-7-5-10(8(12)6-9(7)16)17-4-2-3-11(13,14)15/h5-6,17H,2-4,16H2,1H3. The van der Waals surface area contributed by atoms with Gasteiger partial charge < -0.3 is 11.1 Å². The van der Waals surface area contributed by atoms with Gasteiger partial charge in [-0.2, -0.15) is 13.2 Å². The molecule has 0 unspecified atom stereocenters. The smallest absolute Gasteiger partial charge is 0.389 e. The van der Waals surface area contributed by atoms with Gasteiger partial charge in [-0.3, -0.25) is 0 Å². The Bertz CT molecular complexity index is 391. The van der Waals surface area contributed by atoms with Crippen molar-refractivity contribution in [2.75, 3.05) is 17.6 Å². The van der Waals surface area contributed by atoms with Crippen LogP contribution in [0.2, 0.25) is 0 Å². The van der Waals surface area contributed by atoms with Crippen molar-refractivity contribution in [3.63, 3.8) is 0 Å². The van der Waals surface area contributed by atoms with Crippen LogP contribution in [0.4, 0.5) is 24.5 Å². The van der Waals surface area contributed by atoms with E-state index >= 15 is 0 Å². The highest BCUT2D eigenvalue weighted by Crippen LogP contribution is 2.28. The summed E-state index contributed by atoms with van der Waals surface area (Å²) >= 11 is 3.31. The van der Waals surface area contributed by atoms with Gasteiger partial charge in [-0.15, -0.1) is 0 Å². The summed E-state index contributed by atoms with van der Waals surface area (Å²) in [6.07, 6.45) is -4.80. The zero-order valence-corrected chi connectivity index (χ0v) is 11.0. The second-order valence-electron chi connectivity index (χ2n) is 3.83. The molecular formula is C11H14BrF3N2. The van der Waals surface area contributed by atoms with Gasteiger partial charge in [-0.1, -0.05) is 0 Å². The molecule has 3 N–H and O–H groups in total. The summed E-state index contributed by atoms with van der Waals surface area (Å²) in [5.74, 6) is 0. The molecule has 0 saturated heterocycles. The summed E-state index contributed by atoms with van der Waals surface area (Å²) in [6, 6.07) is 3.55. The monoisotopic (exact) mass is 310 g/mol. The summed E-state index contributed by atoms with van der Waals surface area (Å²) in [4.78, 5) is 0. The molecule has 0 aliphatic carbocycles. The van der Waals surface area contributed by atoms with Crippen LogP contribution in [0.1, 0.15) is 18.4 Å². The molecule has 0 radical (unpaired) electrons. The molecule has 1 aromatic carbocycles. The number of nitrogens with two attached hydrogens (primary N) is 1. The Kier molecular flexibility index (Phi) is 4.68. The van der Waals surface area contributed by atoms with Gasteiger partial charge >= 0.3 is 6.18 Å². The Morgan fingerprint density at radius 1 is 1.35 bits per heavy atom. The molecule has 1 aromatic rings. The van der Waals surface area contributed by atoms with Crippen molar-refractivity contribution in [1.82, 2.24) is 0 Å². The zero-order chi connectivity index (χ0) is 13.1. The average Bonchev–Trinajstić information content (AvgIpc) is 2.18. The lowest BCUT2D eigenvalue weighted by atomic mass is 10.2. The Hall–Kier alpha value is -0.910. The first-order valence-corrected chi connectivity index (χ1v) is 5.95. The number of hydrogen-bond donors (Lipinski definition) is 2. The van der Waals surface area contributed by atoms with Crippen LogP contribution in [-0.4, -0.2) is 12.7 Å². The Morgan fingerprint density at radius 3 is 2.59 bits per heavy atom. The fourth-order valence-corrected chi connectivity index (χ4v) is 1.85. The minimum absolute atomic E-state index is 0.0549. The number of hydrogen-bond acceptors (Lipinski definition) is 2. The van der Waals surface area contributed by atoms with Crippen molar-refractivity contribution in [3.05, 3.63) is 22.2 Å². The van der Waals surface area contributed by atoms with Crippen molar-refractivity contribution >= 4 is 27.3 Å².